The summed E-state index contributed by atoms with van der Waals surface area (Å²) in [6.45, 7) is 5.45. The fraction of sp³-hybridized carbons (Fsp3) is 0.520. The highest BCUT2D eigenvalue weighted by molar-refractivity contribution is 6.06. The maximum absolute atomic E-state index is 13.4. The highest BCUT2D eigenvalue weighted by Gasteiger charge is 2.45. The van der Waals surface area contributed by atoms with Gasteiger partial charge in [0.05, 0.1) is 19.0 Å². The van der Waals surface area contributed by atoms with Gasteiger partial charge in [0.2, 0.25) is 17.6 Å². The van der Waals surface area contributed by atoms with E-state index in [1.54, 1.807) is 13.8 Å². The van der Waals surface area contributed by atoms with E-state index in [0.717, 1.165) is 41.7 Å². The molecule has 2 atom stereocenters. The van der Waals surface area contributed by atoms with Crippen molar-refractivity contribution in [3.63, 3.8) is 0 Å². The molecule has 4 rings (SSSR count). The van der Waals surface area contributed by atoms with Crippen molar-refractivity contribution in [2.45, 2.75) is 65.0 Å². The fourth-order valence-corrected chi connectivity index (χ4v) is 4.86. The van der Waals surface area contributed by atoms with Gasteiger partial charge in [0.25, 0.3) is 11.8 Å². The van der Waals surface area contributed by atoms with Gasteiger partial charge >= 0.3 is 6.03 Å². The van der Waals surface area contributed by atoms with Crippen LogP contribution in [0.15, 0.2) is 28.7 Å². The number of urea groups is 1. The van der Waals surface area contributed by atoms with E-state index in [9.17, 15) is 19.2 Å². The van der Waals surface area contributed by atoms with Crippen LogP contribution in [-0.2, 0) is 16.0 Å². The lowest BCUT2D eigenvalue weighted by molar-refractivity contribution is -0.136. The number of aromatic nitrogens is 2. The minimum absolute atomic E-state index is 0.131. The van der Waals surface area contributed by atoms with Gasteiger partial charge < -0.3 is 15.1 Å². The first-order valence-electron chi connectivity index (χ1n) is 12.1. The summed E-state index contributed by atoms with van der Waals surface area (Å²) >= 11 is 0. The number of Topliss-reactive ketones (excluding diaryl/α,β-unsaturated/α-hetero) is 1. The molecule has 0 spiro atoms. The van der Waals surface area contributed by atoms with Gasteiger partial charge in [-0.25, -0.2) is 9.69 Å². The number of rotatable bonds is 9. The Hall–Kier alpha value is -3.56. The van der Waals surface area contributed by atoms with Crippen LogP contribution in [0.2, 0.25) is 0 Å². The summed E-state index contributed by atoms with van der Waals surface area (Å²) in [5.41, 5.74) is 2.08. The van der Waals surface area contributed by atoms with Gasteiger partial charge in [0.15, 0.2) is 0 Å². The van der Waals surface area contributed by atoms with E-state index >= 15 is 0 Å². The van der Waals surface area contributed by atoms with Gasteiger partial charge in [0, 0.05) is 0 Å². The Labute approximate surface area is 203 Å². The summed E-state index contributed by atoms with van der Waals surface area (Å²) in [4.78, 5) is 52.5. The normalized spacial score (nSPS) is 18.1. The summed E-state index contributed by atoms with van der Waals surface area (Å²) in [6, 6.07) is 5.38. The Balaban J connectivity index is 1.51. The van der Waals surface area contributed by atoms with Crippen molar-refractivity contribution in [2.75, 3.05) is 6.54 Å². The van der Waals surface area contributed by atoms with Crippen LogP contribution in [0, 0.1) is 18.8 Å². The number of benzene rings is 1. The number of amides is 4. The summed E-state index contributed by atoms with van der Waals surface area (Å²) in [5.74, 6) is -1.77. The third-order valence-corrected chi connectivity index (χ3v) is 6.63. The number of ketones is 1. The maximum atomic E-state index is 13.4. The van der Waals surface area contributed by atoms with Crippen molar-refractivity contribution in [1.29, 1.82) is 0 Å². The molecule has 1 saturated carbocycles. The Morgan fingerprint density at radius 3 is 2.57 bits per heavy atom. The number of nitrogens with one attached hydrogen (secondary N) is 2. The molecule has 2 aromatic rings. The average Bonchev–Trinajstić information content (AvgIpc) is 3.56. The molecule has 2 fully saturated rings. The van der Waals surface area contributed by atoms with E-state index in [1.807, 2.05) is 31.2 Å². The molecule has 35 heavy (non-hydrogen) atoms. The van der Waals surface area contributed by atoms with Crippen LogP contribution in [0.3, 0.4) is 0 Å². The average molecular weight is 482 g/mol. The molecule has 10 heteroatoms. The third-order valence-electron chi connectivity index (χ3n) is 6.63. The molecule has 2 aliphatic rings. The number of hydrogen-bond acceptors (Lipinski definition) is 7. The zero-order valence-electron chi connectivity index (χ0n) is 20.2. The molecule has 1 aromatic carbocycles. The highest BCUT2D eigenvalue weighted by Crippen LogP contribution is 2.31. The number of imide groups is 1. The number of hydrogen-bond donors (Lipinski definition) is 2. The lowest BCUT2D eigenvalue weighted by atomic mass is 9.93. The zero-order valence-corrected chi connectivity index (χ0v) is 20.2. The van der Waals surface area contributed by atoms with Crippen LogP contribution in [0.25, 0.3) is 0 Å². The predicted molar refractivity (Wildman–Crippen MR) is 125 cm³/mol. The first-order valence-corrected chi connectivity index (χ1v) is 12.1. The standard InChI is InChI=1S/C25H31N5O5/c1-14(2)20(22(32)24-29-28-18(35-24)12-16-8-6-7-15(3)11-16)27-23(33)21(17-9-4-5-10-17)30-19(31)13-26-25(30)34/h6-8,11,14,17,20-21H,4-5,9-10,12-13H2,1-3H3,(H,26,34)(H,27,33)/t20-,21?/m0/s1. The van der Waals surface area contributed by atoms with E-state index in [4.69, 9.17) is 4.42 Å². The van der Waals surface area contributed by atoms with E-state index in [1.165, 1.54) is 0 Å². The van der Waals surface area contributed by atoms with Crippen LogP contribution in [0.1, 0.15) is 67.2 Å². The molecule has 186 valence electrons. The number of carbonyl (C=O) groups is 4. The van der Waals surface area contributed by atoms with Gasteiger partial charge in [-0.1, -0.05) is 56.5 Å². The molecule has 0 radical (unpaired) electrons. The summed E-state index contributed by atoms with van der Waals surface area (Å²) in [6.07, 6.45) is 3.71. The quantitative estimate of drug-likeness (QED) is 0.415. The Bertz CT molecular complexity index is 1100. The molecule has 4 amide bonds. The topological polar surface area (TPSA) is 134 Å². The molecular formula is C25H31N5O5. The Morgan fingerprint density at radius 1 is 1.20 bits per heavy atom. The van der Waals surface area contributed by atoms with Crippen LogP contribution >= 0.6 is 0 Å². The first-order chi connectivity index (χ1) is 16.7. The molecule has 1 saturated heterocycles. The minimum Gasteiger partial charge on any atom is -0.418 e. The zero-order chi connectivity index (χ0) is 25.1. The molecule has 2 heterocycles. The van der Waals surface area contributed by atoms with Gasteiger partial charge in [-0.3, -0.25) is 14.4 Å². The Kier molecular flexibility index (Phi) is 7.28. The van der Waals surface area contributed by atoms with E-state index < -0.39 is 35.7 Å². The van der Waals surface area contributed by atoms with Gasteiger partial charge in [-0.05, 0) is 37.2 Å². The van der Waals surface area contributed by atoms with Crippen molar-refractivity contribution < 1.29 is 23.6 Å². The van der Waals surface area contributed by atoms with Crippen LogP contribution < -0.4 is 10.6 Å². The van der Waals surface area contributed by atoms with Crippen molar-refractivity contribution >= 4 is 23.6 Å². The molecule has 1 aromatic heterocycles. The molecule has 1 aliphatic carbocycles. The number of nitrogens with zero attached hydrogens (tertiary/aromatic N) is 3. The fourth-order valence-electron chi connectivity index (χ4n) is 4.86. The number of carbonyl (C=O) groups excluding carboxylic acids is 4. The van der Waals surface area contributed by atoms with Crippen molar-refractivity contribution in [1.82, 2.24) is 25.7 Å². The van der Waals surface area contributed by atoms with Crippen molar-refractivity contribution in [2.24, 2.45) is 11.8 Å². The smallest absolute Gasteiger partial charge is 0.325 e. The second-order valence-electron chi connectivity index (χ2n) is 9.67. The van der Waals surface area contributed by atoms with Crippen LogP contribution in [0.5, 0.6) is 0 Å². The van der Waals surface area contributed by atoms with E-state index in [0.29, 0.717) is 12.3 Å². The molecule has 10 nitrogen and oxygen atoms in total. The number of aryl methyl sites for hydroxylation is 1. The second-order valence-corrected chi connectivity index (χ2v) is 9.67. The molecule has 0 bridgehead atoms. The predicted octanol–water partition coefficient (Wildman–Crippen LogP) is 2.40. The van der Waals surface area contributed by atoms with Crippen molar-refractivity contribution in [3.05, 3.63) is 47.2 Å². The Morgan fingerprint density at radius 2 is 1.94 bits per heavy atom. The van der Waals surface area contributed by atoms with Gasteiger partial charge in [0.1, 0.15) is 6.04 Å². The van der Waals surface area contributed by atoms with Crippen molar-refractivity contribution in [3.8, 4) is 0 Å². The van der Waals surface area contributed by atoms with E-state index in [2.05, 4.69) is 20.8 Å². The largest absolute Gasteiger partial charge is 0.418 e. The lowest BCUT2D eigenvalue weighted by Gasteiger charge is -2.31. The van der Waals surface area contributed by atoms with Gasteiger partial charge in [-0.15, -0.1) is 10.2 Å². The highest BCUT2D eigenvalue weighted by atomic mass is 16.4. The van der Waals surface area contributed by atoms with Gasteiger partial charge in [-0.2, -0.15) is 0 Å². The third kappa shape index (κ3) is 5.41. The molecule has 2 N–H and O–H groups in total. The van der Waals surface area contributed by atoms with E-state index in [-0.39, 0.29) is 24.3 Å². The molecule has 1 unspecified atom stereocenters. The van der Waals surface area contributed by atoms with Crippen LogP contribution in [0.4, 0.5) is 4.79 Å². The van der Waals surface area contributed by atoms with Crippen LogP contribution in [-0.4, -0.2) is 57.4 Å². The monoisotopic (exact) mass is 481 g/mol. The molecular weight excluding hydrogens is 450 g/mol. The first kappa shape index (κ1) is 24.6. The summed E-state index contributed by atoms with van der Waals surface area (Å²) in [7, 11) is 0. The summed E-state index contributed by atoms with van der Waals surface area (Å²) in [5, 5.41) is 13.2. The summed E-state index contributed by atoms with van der Waals surface area (Å²) < 4.78 is 5.64. The lowest BCUT2D eigenvalue weighted by Crippen LogP contribution is -2.57. The molecule has 1 aliphatic heterocycles. The maximum Gasteiger partial charge on any atom is 0.325 e. The second kappa shape index (κ2) is 10.4. The SMILES string of the molecule is Cc1cccc(Cc2nnc(C(=O)[C@@H](NC(=O)C(C3CCCC3)N3C(=O)CNC3=O)C(C)C)o2)c1. The minimum atomic E-state index is -0.957.